The Labute approximate surface area is 192 Å². The Morgan fingerprint density at radius 3 is 2.58 bits per heavy atom. The maximum Gasteiger partial charge on any atom is 0.342 e. The van der Waals surface area contributed by atoms with Crippen molar-refractivity contribution in [1.82, 2.24) is 24.6 Å². The number of fused-ring (bicyclic) bond motifs is 1. The summed E-state index contributed by atoms with van der Waals surface area (Å²) in [4.78, 5) is 24.6. The van der Waals surface area contributed by atoms with Gasteiger partial charge in [0.1, 0.15) is 30.0 Å². The topological polar surface area (TPSA) is 143 Å². The highest BCUT2D eigenvalue weighted by Gasteiger charge is 2.32. The molecular formula is C21H29N6O5P. The number of carbonyl (C=O) groups excluding carboxylic acids is 1. The number of rotatable bonds is 11. The zero-order valence-electron chi connectivity index (χ0n) is 19.0. The van der Waals surface area contributed by atoms with Gasteiger partial charge in [-0.15, -0.1) is 0 Å². The van der Waals surface area contributed by atoms with E-state index in [1.54, 1.807) is 55.9 Å². The Morgan fingerprint density at radius 2 is 1.88 bits per heavy atom. The van der Waals surface area contributed by atoms with Crippen LogP contribution in [-0.4, -0.2) is 50.1 Å². The minimum Gasteiger partial charge on any atom is -0.462 e. The van der Waals surface area contributed by atoms with Gasteiger partial charge < -0.3 is 24.3 Å². The quantitative estimate of drug-likeness (QED) is 0.313. The molecule has 0 saturated carbocycles. The van der Waals surface area contributed by atoms with Gasteiger partial charge in [-0.3, -0.25) is 9.36 Å². The molecule has 178 valence electrons. The lowest BCUT2D eigenvalue weighted by atomic mass is 10.3. The van der Waals surface area contributed by atoms with Crippen molar-refractivity contribution in [3.05, 3.63) is 43.0 Å². The summed E-state index contributed by atoms with van der Waals surface area (Å²) >= 11 is 0. The second kappa shape index (κ2) is 10.7. The summed E-state index contributed by atoms with van der Waals surface area (Å²) in [6, 6.07) is 7.83. The third-order valence-corrected chi connectivity index (χ3v) is 6.28. The van der Waals surface area contributed by atoms with Crippen LogP contribution in [0.5, 0.6) is 5.75 Å². The van der Waals surface area contributed by atoms with Crippen molar-refractivity contribution in [2.75, 3.05) is 12.1 Å². The number of nitrogen functional groups attached to an aromatic ring is 1. The number of aromatic nitrogens is 4. The first-order valence-corrected chi connectivity index (χ1v) is 12.3. The van der Waals surface area contributed by atoms with E-state index in [1.165, 1.54) is 6.33 Å². The van der Waals surface area contributed by atoms with Crippen LogP contribution in [0, 0.1) is 0 Å². The predicted molar refractivity (Wildman–Crippen MR) is 124 cm³/mol. The molecule has 0 fully saturated rings. The van der Waals surface area contributed by atoms with Gasteiger partial charge in [0.25, 0.3) is 0 Å². The number of nitrogens with two attached hydrogens (primary N) is 1. The average molecular weight is 476 g/mol. The predicted octanol–water partition coefficient (Wildman–Crippen LogP) is 2.97. The Morgan fingerprint density at radius 1 is 1.15 bits per heavy atom. The lowest BCUT2D eigenvalue weighted by molar-refractivity contribution is -0.149. The Balaban J connectivity index is 1.70. The summed E-state index contributed by atoms with van der Waals surface area (Å²) in [6.07, 6.45) is 2.01. The van der Waals surface area contributed by atoms with Crippen molar-refractivity contribution in [3.8, 4) is 5.75 Å². The van der Waals surface area contributed by atoms with Gasteiger partial charge in [-0.1, -0.05) is 18.2 Å². The number of nitrogens with zero attached hydrogens (tertiary/aromatic N) is 4. The smallest absolute Gasteiger partial charge is 0.342 e. The van der Waals surface area contributed by atoms with E-state index in [9.17, 15) is 9.36 Å². The van der Waals surface area contributed by atoms with Gasteiger partial charge in [-0.05, 0) is 39.8 Å². The highest BCUT2D eigenvalue weighted by molar-refractivity contribution is 7.57. The SMILES string of the molecule is CC(C)OC(=O)[C@H](C)N[P@@](=O)(CO[C@H](C)Cn1cnc2c(N)ncnc21)Oc1ccccc1. The van der Waals surface area contributed by atoms with Gasteiger partial charge in [0, 0.05) is 0 Å². The molecule has 33 heavy (non-hydrogen) atoms. The fourth-order valence-electron chi connectivity index (χ4n) is 3.01. The van der Waals surface area contributed by atoms with Gasteiger partial charge in [0.15, 0.2) is 11.5 Å². The average Bonchev–Trinajstić information content (AvgIpc) is 3.16. The lowest BCUT2D eigenvalue weighted by Gasteiger charge is -2.25. The second-order valence-electron chi connectivity index (χ2n) is 7.85. The molecule has 0 radical (unpaired) electrons. The summed E-state index contributed by atoms with van der Waals surface area (Å²) in [5, 5.41) is 2.78. The number of hydrogen-bond donors (Lipinski definition) is 2. The highest BCUT2D eigenvalue weighted by atomic mass is 31.2. The normalized spacial score (nSPS) is 15.2. The number of nitrogens with one attached hydrogen (secondary N) is 1. The minimum absolute atomic E-state index is 0.272. The first kappa shape index (κ1) is 24.6. The molecule has 12 heteroatoms. The summed E-state index contributed by atoms with van der Waals surface area (Å²) in [5.74, 6) is 0.151. The van der Waals surface area contributed by atoms with E-state index in [0.717, 1.165) is 0 Å². The van der Waals surface area contributed by atoms with Crippen LogP contribution in [0.4, 0.5) is 5.82 Å². The Hall–Kier alpha value is -3.01. The molecule has 11 nitrogen and oxygen atoms in total. The lowest BCUT2D eigenvalue weighted by Crippen LogP contribution is -2.37. The number of ether oxygens (including phenoxy) is 2. The number of carbonyl (C=O) groups is 1. The number of benzene rings is 1. The fourth-order valence-corrected chi connectivity index (χ4v) is 4.80. The summed E-state index contributed by atoms with van der Waals surface area (Å²) in [5.41, 5.74) is 6.91. The van der Waals surface area contributed by atoms with Gasteiger partial charge in [0.2, 0.25) is 0 Å². The maximum atomic E-state index is 13.6. The van der Waals surface area contributed by atoms with E-state index >= 15 is 0 Å². The monoisotopic (exact) mass is 476 g/mol. The fraction of sp³-hybridized carbons (Fsp3) is 0.429. The van der Waals surface area contributed by atoms with Crippen LogP contribution in [0.15, 0.2) is 43.0 Å². The van der Waals surface area contributed by atoms with Crippen LogP contribution in [0.25, 0.3) is 11.2 Å². The van der Waals surface area contributed by atoms with Crippen LogP contribution in [0.2, 0.25) is 0 Å². The van der Waals surface area contributed by atoms with E-state index in [4.69, 9.17) is 19.7 Å². The molecule has 2 aromatic heterocycles. The molecule has 0 aliphatic heterocycles. The number of hydrogen-bond acceptors (Lipinski definition) is 9. The molecular weight excluding hydrogens is 447 g/mol. The molecule has 3 rings (SSSR count). The molecule has 3 atom stereocenters. The molecule has 0 saturated heterocycles. The molecule has 0 aliphatic carbocycles. The van der Waals surface area contributed by atoms with E-state index in [1.807, 2.05) is 13.0 Å². The second-order valence-corrected chi connectivity index (χ2v) is 9.89. The van der Waals surface area contributed by atoms with Crippen LogP contribution in [-0.2, 0) is 25.4 Å². The zero-order chi connectivity index (χ0) is 24.0. The molecule has 0 bridgehead atoms. The van der Waals surface area contributed by atoms with Crippen molar-refractivity contribution < 1.29 is 23.4 Å². The molecule has 0 amide bonds. The van der Waals surface area contributed by atoms with E-state index in [0.29, 0.717) is 29.3 Å². The van der Waals surface area contributed by atoms with E-state index in [2.05, 4.69) is 20.0 Å². The van der Waals surface area contributed by atoms with Crippen molar-refractivity contribution in [2.24, 2.45) is 0 Å². The van der Waals surface area contributed by atoms with Crippen molar-refractivity contribution in [1.29, 1.82) is 0 Å². The van der Waals surface area contributed by atoms with E-state index < -0.39 is 19.5 Å². The highest BCUT2D eigenvalue weighted by Crippen LogP contribution is 2.44. The number of esters is 1. The molecule has 1 aromatic carbocycles. The summed E-state index contributed by atoms with van der Waals surface area (Å²) in [6.45, 7) is 7.25. The molecule has 0 unspecified atom stereocenters. The van der Waals surface area contributed by atoms with Gasteiger partial charge in [-0.2, -0.15) is 0 Å². The third-order valence-electron chi connectivity index (χ3n) is 4.50. The van der Waals surface area contributed by atoms with Crippen LogP contribution in [0.1, 0.15) is 27.7 Å². The van der Waals surface area contributed by atoms with Crippen LogP contribution < -0.4 is 15.3 Å². The first-order valence-electron chi connectivity index (χ1n) is 10.5. The molecule has 2 heterocycles. The number of anilines is 1. The van der Waals surface area contributed by atoms with Crippen molar-refractivity contribution in [2.45, 2.75) is 52.5 Å². The number of imidazole rings is 1. The van der Waals surface area contributed by atoms with Gasteiger partial charge in [0.05, 0.1) is 25.1 Å². The largest absolute Gasteiger partial charge is 0.462 e. The minimum atomic E-state index is -3.64. The third kappa shape index (κ3) is 6.74. The Bertz CT molecular complexity index is 1120. The molecule has 3 aromatic rings. The molecule has 0 spiro atoms. The molecule has 3 N–H and O–H groups in total. The zero-order valence-corrected chi connectivity index (χ0v) is 19.9. The van der Waals surface area contributed by atoms with Crippen LogP contribution >= 0.6 is 7.52 Å². The van der Waals surface area contributed by atoms with Crippen molar-refractivity contribution >= 4 is 30.5 Å². The standard InChI is InChI=1S/C21H29N6O5P/c1-14(2)31-21(28)16(4)26-33(29,32-17-8-6-5-7-9-17)13-30-15(3)10-27-12-25-18-19(22)23-11-24-20(18)27/h5-9,11-12,14-16H,10,13H2,1-4H3,(H,26,29)(H2,22,23,24)/t15-,16+,33-/m1/s1. The first-order chi connectivity index (χ1) is 15.7. The van der Waals surface area contributed by atoms with Gasteiger partial charge >= 0.3 is 13.5 Å². The maximum absolute atomic E-state index is 13.6. The Kier molecular flexibility index (Phi) is 8.01. The van der Waals surface area contributed by atoms with E-state index in [-0.39, 0.29) is 18.6 Å². The summed E-state index contributed by atoms with van der Waals surface area (Å²) < 4.78 is 32.2. The molecule has 0 aliphatic rings. The van der Waals surface area contributed by atoms with Crippen LogP contribution in [0.3, 0.4) is 0 Å². The number of para-hydroxylation sites is 1. The van der Waals surface area contributed by atoms with Gasteiger partial charge in [-0.25, -0.2) is 20.0 Å². The summed E-state index contributed by atoms with van der Waals surface area (Å²) in [7, 11) is -3.64. The van der Waals surface area contributed by atoms with Crippen molar-refractivity contribution in [3.63, 3.8) is 0 Å².